The number of pyridine rings is 1. The normalized spacial score (nSPS) is 19.8. The van der Waals surface area contributed by atoms with E-state index < -0.39 is 0 Å². The molecule has 1 unspecified atom stereocenters. The lowest BCUT2D eigenvalue weighted by atomic mass is 10.1. The number of hydrogen-bond acceptors (Lipinski definition) is 3. The standard InChI is InChI=1S/C12H10N4O/c1-2-8-6-10(17)16(7-8)12-9-4-3-5-13-11(9)14-15-12/h1,3-5,8H,6-7H2,(H,13,14,15). The van der Waals surface area contributed by atoms with Crippen molar-refractivity contribution in [3.63, 3.8) is 0 Å². The van der Waals surface area contributed by atoms with Crippen molar-refractivity contribution in [1.29, 1.82) is 0 Å². The number of hydrogen-bond donors (Lipinski definition) is 1. The maximum Gasteiger partial charge on any atom is 0.229 e. The Labute approximate surface area is 97.8 Å². The van der Waals surface area contributed by atoms with Gasteiger partial charge in [0.1, 0.15) is 0 Å². The van der Waals surface area contributed by atoms with Crippen LogP contribution in [0.1, 0.15) is 6.42 Å². The van der Waals surface area contributed by atoms with Gasteiger partial charge < -0.3 is 0 Å². The second-order valence-electron chi connectivity index (χ2n) is 4.02. The molecule has 1 aliphatic rings. The SMILES string of the molecule is C#CC1CC(=O)N(c2n[nH]c3ncccc23)C1. The van der Waals surface area contributed by atoms with E-state index >= 15 is 0 Å². The first-order valence-corrected chi connectivity index (χ1v) is 5.35. The highest BCUT2D eigenvalue weighted by atomic mass is 16.2. The predicted molar refractivity (Wildman–Crippen MR) is 63.2 cm³/mol. The average Bonchev–Trinajstić information content (AvgIpc) is 2.92. The summed E-state index contributed by atoms with van der Waals surface area (Å²) in [4.78, 5) is 17.6. The molecule has 0 aromatic carbocycles. The van der Waals surface area contributed by atoms with Gasteiger partial charge in [-0.2, -0.15) is 5.10 Å². The first kappa shape index (κ1) is 9.85. The maximum absolute atomic E-state index is 11.8. The lowest BCUT2D eigenvalue weighted by Crippen LogP contribution is -2.24. The summed E-state index contributed by atoms with van der Waals surface area (Å²) in [6.45, 7) is 0.532. The zero-order valence-corrected chi connectivity index (χ0v) is 9.05. The molecule has 2 aromatic rings. The number of terminal acetylenes is 1. The molecule has 3 heterocycles. The molecular weight excluding hydrogens is 216 g/mol. The van der Waals surface area contributed by atoms with Crippen molar-refractivity contribution in [2.75, 3.05) is 11.4 Å². The third kappa shape index (κ3) is 1.46. The number of aromatic nitrogens is 3. The van der Waals surface area contributed by atoms with Gasteiger partial charge in [0.05, 0.1) is 5.39 Å². The summed E-state index contributed by atoms with van der Waals surface area (Å²) >= 11 is 0. The van der Waals surface area contributed by atoms with Gasteiger partial charge >= 0.3 is 0 Å². The molecule has 1 N–H and O–H groups in total. The van der Waals surface area contributed by atoms with Crippen LogP contribution in [0.25, 0.3) is 11.0 Å². The van der Waals surface area contributed by atoms with E-state index in [1.807, 2.05) is 12.1 Å². The number of aromatic amines is 1. The summed E-state index contributed by atoms with van der Waals surface area (Å²) in [5.74, 6) is 3.24. The molecule has 5 heteroatoms. The topological polar surface area (TPSA) is 61.9 Å². The fourth-order valence-corrected chi connectivity index (χ4v) is 2.07. The van der Waals surface area contributed by atoms with Crippen LogP contribution in [0.2, 0.25) is 0 Å². The van der Waals surface area contributed by atoms with Gasteiger partial charge in [0.2, 0.25) is 5.91 Å². The largest absolute Gasteiger partial charge is 0.293 e. The highest BCUT2D eigenvalue weighted by molar-refractivity contribution is 6.02. The van der Waals surface area contributed by atoms with Gasteiger partial charge in [0.25, 0.3) is 0 Å². The fraction of sp³-hybridized carbons (Fsp3) is 0.250. The molecule has 5 nitrogen and oxygen atoms in total. The third-order valence-corrected chi connectivity index (χ3v) is 2.93. The van der Waals surface area contributed by atoms with E-state index in [0.29, 0.717) is 24.4 Å². The Hall–Kier alpha value is -2.35. The van der Waals surface area contributed by atoms with Crippen LogP contribution in [-0.4, -0.2) is 27.6 Å². The summed E-state index contributed by atoms with van der Waals surface area (Å²) in [6, 6.07) is 3.71. The van der Waals surface area contributed by atoms with Crippen molar-refractivity contribution in [2.24, 2.45) is 5.92 Å². The van der Waals surface area contributed by atoms with Gasteiger partial charge in [-0.15, -0.1) is 12.3 Å². The molecule has 1 amide bonds. The van der Waals surface area contributed by atoms with E-state index in [2.05, 4.69) is 21.1 Å². The molecule has 2 aromatic heterocycles. The molecule has 0 radical (unpaired) electrons. The quantitative estimate of drug-likeness (QED) is 0.736. The molecule has 0 saturated carbocycles. The van der Waals surface area contributed by atoms with Gasteiger partial charge in [-0.25, -0.2) is 4.98 Å². The Bertz CT molecular complexity index is 625. The van der Waals surface area contributed by atoms with Crippen molar-refractivity contribution < 1.29 is 4.79 Å². The van der Waals surface area contributed by atoms with E-state index in [9.17, 15) is 4.79 Å². The van der Waals surface area contributed by atoms with Gasteiger partial charge in [-0.05, 0) is 12.1 Å². The summed E-state index contributed by atoms with van der Waals surface area (Å²) < 4.78 is 0. The van der Waals surface area contributed by atoms with Gasteiger partial charge in [-0.1, -0.05) is 0 Å². The van der Waals surface area contributed by atoms with Crippen molar-refractivity contribution in [2.45, 2.75) is 6.42 Å². The third-order valence-electron chi connectivity index (χ3n) is 2.93. The summed E-state index contributed by atoms with van der Waals surface area (Å²) in [7, 11) is 0. The predicted octanol–water partition coefficient (Wildman–Crippen LogP) is 0.944. The molecule has 0 aliphatic carbocycles. The second-order valence-corrected chi connectivity index (χ2v) is 4.02. The van der Waals surface area contributed by atoms with Crippen LogP contribution < -0.4 is 4.90 Å². The number of nitrogens with one attached hydrogen (secondary N) is 1. The van der Waals surface area contributed by atoms with Crippen molar-refractivity contribution in [3.05, 3.63) is 18.3 Å². The van der Waals surface area contributed by atoms with Crippen molar-refractivity contribution >= 4 is 22.8 Å². The van der Waals surface area contributed by atoms with Crippen LogP contribution >= 0.6 is 0 Å². The molecule has 0 spiro atoms. The lowest BCUT2D eigenvalue weighted by Gasteiger charge is -2.12. The average molecular weight is 226 g/mol. The van der Waals surface area contributed by atoms with Crippen LogP contribution in [0, 0.1) is 18.3 Å². The van der Waals surface area contributed by atoms with Gasteiger partial charge in [0.15, 0.2) is 11.5 Å². The summed E-state index contributed by atoms with van der Waals surface area (Å²) in [6.07, 6.45) is 7.43. The van der Waals surface area contributed by atoms with Crippen LogP contribution in [0.5, 0.6) is 0 Å². The molecule has 1 fully saturated rings. The van der Waals surface area contributed by atoms with Gasteiger partial charge in [-0.3, -0.25) is 14.8 Å². The number of amides is 1. The smallest absolute Gasteiger partial charge is 0.229 e. The number of carbonyl (C=O) groups is 1. The minimum atomic E-state index is -0.0223. The number of rotatable bonds is 1. The number of carbonyl (C=O) groups excluding carboxylic acids is 1. The number of nitrogens with zero attached hydrogens (tertiary/aromatic N) is 3. The molecular formula is C12H10N4O. The fourth-order valence-electron chi connectivity index (χ4n) is 2.07. The van der Waals surface area contributed by atoms with Crippen LogP contribution in [-0.2, 0) is 4.79 Å². The molecule has 3 rings (SSSR count). The van der Waals surface area contributed by atoms with E-state index in [4.69, 9.17) is 6.42 Å². The molecule has 1 saturated heterocycles. The summed E-state index contributed by atoms with van der Waals surface area (Å²) in [5, 5.41) is 7.80. The minimum absolute atomic E-state index is 0.0187. The van der Waals surface area contributed by atoms with Crippen molar-refractivity contribution in [3.8, 4) is 12.3 Å². The zero-order valence-electron chi connectivity index (χ0n) is 9.05. The van der Waals surface area contributed by atoms with E-state index in [1.165, 1.54) is 0 Å². The molecule has 17 heavy (non-hydrogen) atoms. The zero-order chi connectivity index (χ0) is 11.8. The monoisotopic (exact) mass is 226 g/mol. The highest BCUT2D eigenvalue weighted by Crippen LogP contribution is 2.28. The van der Waals surface area contributed by atoms with E-state index in [0.717, 1.165) is 5.39 Å². The molecule has 84 valence electrons. The van der Waals surface area contributed by atoms with Crippen LogP contribution in [0.4, 0.5) is 5.82 Å². The highest BCUT2D eigenvalue weighted by Gasteiger charge is 2.31. The van der Waals surface area contributed by atoms with E-state index in [1.54, 1.807) is 11.1 Å². The lowest BCUT2D eigenvalue weighted by molar-refractivity contribution is -0.117. The second kappa shape index (κ2) is 3.59. The molecule has 0 bridgehead atoms. The summed E-state index contributed by atoms with van der Waals surface area (Å²) in [5.41, 5.74) is 0.680. The Morgan fingerprint density at radius 3 is 3.24 bits per heavy atom. The molecule has 1 aliphatic heterocycles. The first-order valence-electron chi connectivity index (χ1n) is 5.35. The van der Waals surface area contributed by atoms with Crippen LogP contribution in [0.15, 0.2) is 18.3 Å². The Balaban J connectivity index is 2.05. The molecule has 1 atom stereocenters. The minimum Gasteiger partial charge on any atom is -0.293 e. The number of fused-ring (bicyclic) bond motifs is 1. The van der Waals surface area contributed by atoms with Crippen molar-refractivity contribution in [1.82, 2.24) is 15.2 Å². The Morgan fingerprint density at radius 2 is 2.47 bits per heavy atom. The first-order chi connectivity index (χ1) is 8.29. The van der Waals surface area contributed by atoms with Gasteiger partial charge in [0, 0.05) is 25.1 Å². The van der Waals surface area contributed by atoms with E-state index in [-0.39, 0.29) is 11.8 Å². The number of H-pyrrole nitrogens is 1. The Kier molecular flexibility index (Phi) is 2.08. The van der Waals surface area contributed by atoms with Crippen LogP contribution in [0.3, 0.4) is 0 Å². The Morgan fingerprint density at radius 1 is 1.59 bits per heavy atom. The number of anilines is 1. The maximum atomic E-state index is 11.8.